The normalized spacial score (nSPS) is 10.1. The number of carbonyl (C=O) groups is 1. The van der Waals surface area contributed by atoms with Crippen LogP contribution in [0.2, 0.25) is 0 Å². The van der Waals surface area contributed by atoms with Gasteiger partial charge in [-0.15, -0.1) is 0 Å². The molecule has 1 aromatic carbocycles. The molecular weight excluding hydrogens is 254 g/mol. The molecule has 0 amide bonds. The van der Waals surface area contributed by atoms with Crippen molar-refractivity contribution in [2.75, 3.05) is 24.7 Å². The molecule has 0 spiro atoms. The molecule has 5 nitrogen and oxygen atoms in total. The van der Waals surface area contributed by atoms with E-state index in [-0.39, 0.29) is 0 Å². The first-order valence-corrected chi connectivity index (χ1v) is 6.33. The Bertz CT molecular complexity index is 585. The summed E-state index contributed by atoms with van der Waals surface area (Å²) >= 11 is 0. The van der Waals surface area contributed by atoms with Crippen LogP contribution in [0.3, 0.4) is 0 Å². The summed E-state index contributed by atoms with van der Waals surface area (Å²) in [6, 6.07) is 10.9. The summed E-state index contributed by atoms with van der Waals surface area (Å²) in [6.07, 6.45) is 2.50. The molecule has 0 aliphatic heterocycles. The lowest BCUT2D eigenvalue weighted by molar-refractivity contribution is 0.0602. The van der Waals surface area contributed by atoms with Crippen molar-refractivity contribution >= 4 is 17.3 Å². The third-order valence-corrected chi connectivity index (χ3v) is 2.91. The first-order chi connectivity index (χ1) is 9.72. The molecule has 0 unspecified atom stereocenters. The second-order valence-corrected chi connectivity index (χ2v) is 4.26. The van der Waals surface area contributed by atoms with Crippen molar-refractivity contribution in [3.63, 3.8) is 0 Å². The van der Waals surface area contributed by atoms with Crippen LogP contribution in [-0.2, 0) is 11.2 Å². The number of nitrogen functional groups attached to an aromatic ring is 1. The fourth-order valence-corrected chi connectivity index (χ4v) is 1.91. The predicted octanol–water partition coefficient (Wildman–Crippen LogP) is 2.10. The summed E-state index contributed by atoms with van der Waals surface area (Å²) in [5.74, 6) is -0.405. The van der Waals surface area contributed by atoms with Gasteiger partial charge in [0.15, 0.2) is 0 Å². The van der Waals surface area contributed by atoms with E-state index in [9.17, 15) is 4.79 Å². The quantitative estimate of drug-likeness (QED) is 0.643. The zero-order valence-electron chi connectivity index (χ0n) is 11.3. The zero-order valence-corrected chi connectivity index (χ0v) is 11.3. The third kappa shape index (κ3) is 3.26. The number of methoxy groups -OCH3 is 1. The van der Waals surface area contributed by atoms with Crippen LogP contribution >= 0.6 is 0 Å². The SMILES string of the molecule is COC(=O)c1cccc(N)c1NCCc1ccccn1. The molecule has 2 rings (SSSR count). The standard InChI is InChI=1S/C15H17N3O2/c1-20-15(19)12-6-4-7-13(16)14(12)18-10-8-11-5-2-3-9-17-11/h2-7,9,18H,8,10,16H2,1H3. The molecule has 0 aliphatic carbocycles. The molecule has 0 aliphatic rings. The number of benzene rings is 1. The Morgan fingerprint density at radius 2 is 2.15 bits per heavy atom. The van der Waals surface area contributed by atoms with Crippen LogP contribution in [0.1, 0.15) is 16.1 Å². The minimum Gasteiger partial charge on any atom is -0.465 e. The van der Waals surface area contributed by atoms with Gasteiger partial charge < -0.3 is 15.8 Å². The molecule has 0 saturated heterocycles. The minimum atomic E-state index is -0.405. The molecular formula is C15H17N3O2. The minimum absolute atomic E-state index is 0.405. The van der Waals surface area contributed by atoms with Gasteiger partial charge in [-0.2, -0.15) is 0 Å². The van der Waals surface area contributed by atoms with Gasteiger partial charge in [0.1, 0.15) is 0 Å². The van der Waals surface area contributed by atoms with E-state index < -0.39 is 5.97 Å². The van der Waals surface area contributed by atoms with Gasteiger partial charge in [0.25, 0.3) is 0 Å². The number of hydrogen-bond donors (Lipinski definition) is 2. The molecule has 3 N–H and O–H groups in total. The van der Waals surface area contributed by atoms with E-state index in [1.54, 1.807) is 24.4 Å². The fourth-order valence-electron chi connectivity index (χ4n) is 1.91. The largest absolute Gasteiger partial charge is 0.465 e. The zero-order chi connectivity index (χ0) is 14.4. The van der Waals surface area contributed by atoms with Crippen molar-refractivity contribution in [2.45, 2.75) is 6.42 Å². The topological polar surface area (TPSA) is 77.2 Å². The van der Waals surface area contributed by atoms with Crippen LogP contribution in [0.25, 0.3) is 0 Å². The molecule has 2 aromatic rings. The lowest BCUT2D eigenvalue weighted by Crippen LogP contribution is -2.13. The van der Waals surface area contributed by atoms with E-state index in [0.29, 0.717) is 23.5 Å². The Hall–Kier alpha value is -2.56. The predicted molar refractivity (Wildman–Crippen MR) is 78.6 cm³/mol. The summed E-state index contributed by atoms with van der Waals surface area (Å²) < 4.78 is 4.75. The van der Waals surface area contributed by atoms with E-state index in [1.807, 2.05) is 18.2 Å². The van der Waals surface area contributed by atoms with Gasteiger partial charge in [-0.3, -0.25) is 4.98 Å². The Balaban J connectivity index is 2.07. The van der Waals surface area contributed by atoms with Crippen LogP contribution in [0.4, 0.5) is 11.4 Å². The lowest BCUT2D eigenvalue weighted by atomic mass is 10.1. The molecule has 104 valence electrons. The Labute approximate surface area is 117 Å². The maximum atomic E-state index is 11.7. The van der Waals surface area contributed by atoms with Crippen LogP contribution in [0, 0.1) is 0 Å². The highest BCUT2D eigenvalue weighted by molar-refractivity contribution is 5.98. The average molecular weight is 271 g/mol. The summed E-state index contributed by atoms with van der Waals surface area (Å²) in [6.45, 7) is 0.634. The Kier molecular flexibility index (Phi) is 4.55. The summed E-state index contributed by atoms with van der Waals surface area (Å²) in [5, 5.41) is 3.18. The van der Waals surface area contributed by atoms with Crippen LogP contribution in [-0.4, -0.2) is 24.6 Å². The number of nitrogens with two attached hydrogens (primary N) is 1. The van der Waals surface area contributed by atoms with Gasteiger partial charge in [0.05, 0.1) is 24.0 Å². The summed E-state index contributed by atoms with van der Waals surface area (Å²) in [5.41, 5.74) is 8.46. The third-order valence-electron chi connectivity index (χ3n) is 2.91. The number of aromatic nitrogens is 1. The van der Waals surface area contributed by atoms with Gasteiger partial charge in [0, 0.05) is 24.9 Å². The highest BCUT2D eigenvalue weighted by Crippen LogP contribution is 2.24. The molecule has 5 heteroatoms. The molecule has 1 aromatic heterocycles. The Morgan fingerprint density at radius 3 is 2.85 bits per heavy atom. The Morgan fingerprint density at radius 1 is 1.30 bits per heavy atom. The van der Waals surface area contributed by atoms with Gasteiger partial charge in [0.2, 0.25) is 0 Å². The maximum absolute atomic E-state index is 11.7. The maximum Gasteiger partial charge on any atom is 0.340 e. The van der Waals surface area contributed by atoms with Crippen LogP contribution in [0.5, 0.6) is 0 Å². The number of hydrogen-bond acceptors (Lipinski definition) is 5. The van der Waals surface area contributed by atoms with E-state index in [0.717, 1.165) is 12.1 Å². The number of rotatable bonds is 5. The fraction of sp³-hybridized carbons (Fsp3) is 0.200. The highest BCUT2D eigenvalue weighted by atomic mass is 16.5. The van der Waals surface area contributed by atoms with Crippen molar-refractivity contribution in [1.29, 1.82) is 0 Å². The van der Waals surface area contributed by atoms with Crippen molar-refractivity contribution < 1.29 is 9.53 Å². The summed E-state index contributed by atoms with van der Waals surface area (Å²) in [7, 11) is 1.35. The van der Waals surface area contributed by atoms with E-state index in [2.05, 4.69) is 10.3 Å². The van der Waals surface area contributed by atoms with Gasteiger partial charge >= 0.3 is 5.97 Å². The highest BCUT2D eigenvalue weighted by Gasteiger charge is 2.13. The molecule has 0 fully saturated rings. The molecule has 0 atom stereocenters. The smallest absolute Gasteiger partial charge is 0.340 e. The van der Waals surface area contributed by atoms with Crippen LogP contribution in [0.15, 0.2) is 42.6 Å². The van der Waals surface area contributed by atoms with Gasteiger partial charge in [-0.05, 0) is 24.3 Å². The number of ether oxygens (including phenoxy) is 1. The monoisotopic (exact) mass is 271 g/mol. The molecule has 20 heavy (non-hydrogen) atoms. The average Bonchev–Trinajstić information content (AvgIpc) is 2.49. The molecule has 0 bridgehead atoms. The van der Waals surface area contributed by atoms with Crippen molar-refractivity contribution in [2.24, 2.45) is 0 Å². The van der Waals surface area contributed by atoms with Crippen molar-refractivity contribution in [3.05, 3.63) is 53.9 Å². The van der Waals surface area contributed by atoms with E-state index >= 15 is 0 Å². The van der Waals surface area contributed by atoms with Gasteiger partial charge in [-0.1, -0.05) is 12.1 Å². The second-order valence-electron chi connectivity index (χ2n) is 4.26. The number of pyridine rings is 1. The number of para-hydroxylation sites is 1. The molecule has 0 radical (unpaired) electrons. The summed E-state index contributed by atoms with van der Waals surface area (Å²) in [4.78, 5) is 15.9. The number of esters is 1. The second kappa shape index (κ2) is 6.56. The van der Waals surface area contributed by atoms with E-state index in [1.165, 1.54) is 7.11 Å². The van der Waals surface area contributed by atoms with Crippen LogP contribution < -0.4 is 11.1 Å². The van der Waals surface area contributed by atoms with Crippen molar-refractivity contribution in [3.8, 4) is 0 Å². The number of anilines is 2. The number of carbonyl (C=O) groups excluding carboxylic acids is 1. The number of nitrogens with one attached hydrogen (secondary N) is 1. The van der Waals surface area contributed by atoms with Crippen molar-refractivity contribution in [1.82, 2.24) is 4.98 Å². The van der Waals surface area contributed by atoms with E-state index in [4.69, 9.17) is 10.5 Å². The molecule has 0 saturated carbocycles. The van der Waals surface area contributed by atoms with Gasteiger partial charge in [-0.25, -0.2) is 4.79 Å². The first kappa shape index (κ1) is 13.9. The number of nitrogens with zero attached hydrogens (tertiary/aromatic N) is 1. The lowest BCUT2D eigenvalue weighted by Gasteiger charge is -2.13. The first-order valence-electron chi connectivity index (χ1n) is 6.33. The molecule has 1 heterocycles.